The predicted molar refractivity (Wildman–Crippen MR) is 89.8 cm³/mol. The maximum absolute atomic E-state index is 13.6. The van der Waals surface area contributed by atoms with E-state index in [4.69, 9.17) is 4.74 Å². The smallest absolute Gasteiger partial charge is 0.127 e. The molecule has 0 heterocycles. The van der Waals surface area contributed by atoms with Crippen molar-refractivity contribution < 1.29 is 9.13 Å². The Balaban J connectivity index is 1.62. The third-order valence-corrected chi connectivity index (χ3v) is 4.14. The molecule has 0 radical (unpaired) electrons. The van der Waals surface area contributed by atoms with Crippen LogP contribution in [0.25, 0.3) is 0 Å². The molecule has 2 nitrogen and oxygen atoms in total. The number of ether oxygens (including phenoxy) is 1. The molecule has 0 atom stereocenters. The molecule has 0 aliphatic heterocycles. The molecular formula is C17H17FINO. The Labute approximate surface area is 137 Å². The number of hydrogen-bond acceptors (Lipinski definition) is 2. The van der Waals surface area contributed by atoms with Gasteiger partial charge in [-0.25, -0.2) is 4.39 Å². The highest BCUT2D eigenvalue weighted by Crippen LogP contribution is 2.22. The first-order valence-electron chi connectivity index (χ1n) is 7.09. The molecule has 1 aliphatic carbocycles. The summed E-state index contributed by atoms with van der Waals surface area (Å²) >= 11 is 2.27. The Kier molecular flexibility index (Phi) is 4.75. The van der Waals surface area contributed by atoms with Crippen LogP contribution in [0, 0.1) is 9.39 Å². The van der Waals surface area contributed by atoms with Gasteiger partial charge in [0.15, 0.2) is 0 Å². The summed E-state index contributed by atoms with van der Waals surface area (Å²) in [5.41, 5.74) is 2.01. The molecule has 0 bridgehead atoms. The highest BCUT2D eigenvalue weighted by atomic mass is 127. The van der Waals surface area contributed by atoms with Crippen molar-refractivity contribution >= 4 is 22.6 Å². The maximum Gasteiger partial charge on any atom is 0.127 e. The van der Waals surface area contributed by atoms with Crippen LogP contribution in [-0.2, 0) is 13.2 Å². The minimum Gasteiger partial charge on any atom is -0.489 e. The Bertz CT molecular complexity index is 611. The van der Waals surface area contributed by atoms with E-state index in [0.29, 0.717) is 24.9 Å². The normalized spacial score (nSPS) is 14.2. The van der Waals surface area contributed by atoms with Crippen LogP contribution < -0.4 is 10.1 Å². The molecule has 0 saturated heterocycles. The van der Waals surface area contributed by atoms with Crippen molar-refractivity contribution in [3.8, 4) is 5.75 Å². The van der Waals surface area contributed by atoms with Gasteiger partial charge in [-0.05, 0) is 70.8 Å². The number of hydrogen-bond donors (Lipinski definition) is 1. The Hall–Kier alpha value is -1.14. The summed E-state index contributed by atoms with van der Waals surface area (Å²) in [5, 5.41) is 3.38. The van der Waals surface area contributed by atoms with Gasteiger partial charge in [0, 0.05) is 22.2 Å². The molecule has 0 amide bonds. The standard InChI is InChI=1S/C17H17FINO/c18-14-7-13(10-20-16-5-6-16)8-17(9-14)21-11-12-1-3-15(19)4-2-12/h1-4,7-9,16,20H,5-6,10-11H2. The average molecular weight is 397 g/mol. The van der Waals surface area contributed by atoms with Gasteiger partial charge in [0.2, 0.25) is 0 Å². The molecule has 2 aromatic carbocycles. The van der Waals surface area contributed by atoms with Crippen molar-refractivity contribution in [3.05, 3.63) is 63.0 Å². The van der Waals surface area contributed by atoms with Gasteiger partial charge in [-0.2, -0.15) is 0 Å². The van der Waals surface area contributed by atoms with Crippen LogP contribution in [0.5, 0.6) is 5.75 Å². The van der Waals surface area contributed by atoms with Gasteiger partial charge in [0.05, 0.1) is 0 Å². The molecular weight excluding hydrogens is 380 g/mol. The van der Waals surface area contributed by atoms with Gasteiger partial charge < -0.3 is 10.1 Å². The molecule has 4 heteroatoms. The summed E-state index contributed by atoms with van der Waals surface area (Å²) in [5.74, 6) is 0.337. The molecule has 1 aliphatic rings. The summed E-state index contributed by atoms with van der Waals surface area (Å²) in [6, 6.07) is 13.6. The van der Waals surface area contributed by atoms with Crippen LogP contribution in [0.15, 0.2) is 42.5 Å². The van der Waals surface area contributed by atoms with E-state index in [0.717, 1.165) is 11.1 Å². The molecule has 0 unspecified atom stereocenters. The quantitative estimate of drug-likeness (QED) is 0.736. The van der Waals surface area contributed by atoms with Crippen LogP contribution in [-0.4, -0.2) is 6.04 Å². The van der Waals surface area contributed by atoms with E-state index < -0.39 is 0 Å². The molecule has 1 N–H and O–H groups in total. The van der Waals surface area contributed by atoms with E-state index in [1.165, 1.54) is 22.5 Å². The SMILES string of the molecule is Fc1cc(CNC2CC2)cc(OCc2ccc(I)cc2)c1. The second kappa shape index (κ2) is 6.75. The fourth-order valence-electron chi connectivity index (χ4n) is 2.10. The van der Waals surface area contributed by atoms with Crippen LogP contribution in [0.4, 0.5) is 4.39 Å². The van der Waals surface area contributed by atoms with Crippen molar-refractivity contribution in [1.29, 1.82) is 0 Å². The van der Waals surface area contributed by atoms with Gasteiger partial charge >= 0.3 is 0 Å². The van der Waals surface area contributed by atoms with Gasteiger partial charge in [0.25, 0.3) is 0 Å². The molecule has 3 rings (SSSR count). The second-order valence-electron chi connectivity index (χ2n) is 5.37. The third-order valence-electron chi connectivity index (χ3n) is 3.42. The number of benzene rings is 2. The fraction of sp³-hybridized carbons (Fsp3) is 0.294. The van der Waals surface area contributed by atoms with Crippen LogP contribution in [0.2, 0.25) is 0 Å². The van der Waals surface area contributed by atoms with E-state index >= 15 is 0 Å². The summed E-state index contributed by atoms with van der Waals surface area (Å²) in [6.45, 7) is 1.15. The van der Waals surface area contributed by atoms with Gasteiger partial charge in [-0.1, -0.05) is 12.1 Å². The lowest BCUT2D eigenvalue weighted by Gasteiger charge is -2.09. The zero-order chi connectivity index (χ0) is 14.7. The largest absolute Gasteiger partial charge is 0.489 e. The highest BCUT2D eigenvalue weighted by Gasteiger charge is 2.20. The predicted octanol–water partition coefficient (Wildman–Crippen LogP) is 4.26. The summed E-state index contributed by atoms with van der Waals surface area (Å²) in [7, 11) is 0. The lowest BCUT2D eigenvalue weighted by Crippen LogP contribution is -2.15. The van der Waals surface area contributed by atoms with Crippen LogP contribution in [0.3, 0.4) is 0 Å². The summed E-state index contributed by atoms with van der Waals surface area (Å²) in [4.78, 5) is 0. The molecule has 2 aromatic rings. The molecule has 1 fully saturated rings. The maximum atomic E-state index is 13.6. The van der Waals surface area contributed by atoms with Crippen molar-refractivity contribution in [2.45, 2.75) is 32.0 Å². The van der Waals surface area contributed by atoms with Crippen molar-refractivity contribution in [2.24, 2.45) is 0 Å². The van der Waals surface area contributed by atoms with Gasteiger partial charge in [-0.3, -0.25) is 0 Å². The summed E-state index contributed by atoms with van der Waals surface area (Å²) < 4.78 is 20.5. The minimum absolute atomic E-state index is 0.247. The first-order valence-corrected chi connectivity index (χ1v) is 8.17. The molecule has 0 aromatic heterocycles. The van der Waals surface area contributed by atoms with E-state index in [9.17, 15) is 4.39 Å². The highest BCUT2D eigenvalue weighted by molar-refractivity contribution is 14.1. The number of rotatable bonds is 6. The average Bonchev–Trinajstić information content (AvgIpc) is 3.28. The van der Waals surface area contributed by atoms with E-state index in [-0.39, 0.29) is 5.82 Å². The Morgan fingerprint density at radius 1 is 1.10 bits per heavy atom. The fourth-order valence-corrected chi connectivity index (χ4v) is 2.46. The molecule has 1 saturated carbocycles. The van der Waals surface area contributed by atoms with Gasteiger partial charge in [0.1, 0.15) is 18.2 Å². The zero-order valence-corrected chi connectivity index (χ0v) is 13.8. The monoisotopic (exact) mass is 397 g/mol. The third kappa shape index (κ3) is 4.68. The van der Waals surface area contributed by atoms with Crippen LogP contribution in [0.1, 0.15) is 24.0 Å². The second-order valence-corrected chi connectivity index (χ2v) is 6.61. The molecule has 0 spiro atoms. The van der Waals surface area contributed by atoms with E-state index in [1.54, 1.807) is 6.07 Å². The van der Waals surface area contributed by atoms with E-state index in [1.807, 2.05) is 30.3 Å². The topological polar surface area (TPSA) is 21.3 Å². The Morgan fingerprint density at radius 2 is 1.86 bits per heavy atom. The summed E-state index contributed by atoms with van der Waals surface area (Å²) in [6.07, 6.45) is 2.46. The lowest BCUT2D eigenvalue weighted by molar-refractivity contribution is 0.304. The number of nitrogens with one attached hydrogen (secondary N) is 1. The minimum atomic E-state index is -0.247. The first-order chi connectivity index (χ1) is 10.2. The van der Waals surface area contributed by atoms with Gasteiger partial charge in [-0.15, -0.1) is 0 Å². The molecule has 110 valence electrons. The first kappa shape index (κ1) is 14.8. The van der Waals surface area contributed by atoms with Crippen molar-refractivity contribution in [2.75, 3.05) is 0 Å². The van der Waals surface area contributed by atoms with Crippen molar-refractivity contribution in [1.82, 2.24) is 5.32 Å². The Morgan fingerprint density at radius 3 is 2.57 bits per heavy atom. The van der Waals surface area contributed by atoms with E-state index in [2.05, 4.69) is 27.9 Å². The van der Waals surface area contributed by atoms with Crippen molar-refractivity contribution in [3.63, 3.8) is 0 Å². The lowest BCUT2D eigenvalue weighted by atomic mass is 10.2. The number of halogens is 2. The molecule has 21 heavy (non-hydrogen) atoms. The zero-order valence-electron chi connectivity index (χ0n) is 11.6. The van der Waals surface area contributed by atoms with Crippen LogP contribution >= 0.6 is 22.6 Å².